The van der Waals surface area contributed by atoms with Crippen molar-refractivity contribution in [2.75, 3.05) is 10.6 Å². The number of rotatable bonds is 3. The van der Waals surface area contributed by atoms with Crippen LogP contribution in [0.5, 0.6) is 0 Å². The molecular formula is C19H16F3N7O2. The summed E-state index contributed by atoms with van der Waals surface area (Å²) in [7, 11) is 0. The second-order valence-electron chi connectivity index (χ2n) is 7.04. The van der Waals surface area contributed by atoms with Crippen molar-refractivity contribution >= 4 is 34.1 Å². The number of carbonyl (C=O) groups is 1. The number of amides is 2. The van der Waals surface area contributed by atoms with E-state index in [1.165, 1.54) is 11.0 Å². The van der Waals surface area contributed by atoms with Crippen LogP contribution in [-0.4, -0.2) is 30.4 Å². The summed E-state index contributed by atoms with van der Waals surface area (Å²) >= 11 is 0. The number of alkyl halides is 3. The highest BCUT2D eigenvalue weighted by atomic mass is 19.4. The zero-order valence-electron chi connectivity index (χ0n) is 16.3. The van der Waals surface area contributed by atoms with Crippen LogP contribution in [0.2, 0.25) is 0 Å². The lowest BCUT2D eigenvalue weighted by molar-refractivity contribution is -0.137. The predicted molar refractivity (Wildman–Crippen MR) is 107 cm³/mol. The molecule has 0 aliphatic carbocycles. The lowest BCUT2D eigenvalue weighted by atomic mass is 10.1. The molecule has 0 bridgehead atoms. The van der Waals surface area contributed by atoms with E-state index in [9.17, 15) is 22.8 Å². The predicted octanol–water partition coefficient (Wildman–Crippen LogP) is 3.68. The maximum atomic E-state index is 13.1. The van der Waals surface area contributed by atoms with Crippen LogP contribution in [0.15, 0.2) is 47.7 Å². The maximum absolute atomic E-state index is 13.1. The molecule has 0 aliphatic heterocycles. The number of halogens is 3. The number of urea groups is 1. The number of carbonyl (C=O) groups excluding carboxylic acids is 1. The Morgan fingerprint density at radius 3 is 2.61 bits per heavy atom. The molecule has 2 N–H and O–H groups in total. The molecule has 4 rings (SSSR count). The Morgan fingerprint density at radius 2 is 1.90 bits per heavy atom. The molecule has 31 heavy (non-hydrogen) atoms. The number of hydrogen-bond acceptors (Lipinski definition) is 5. The first-order valence-electron chi connectivity index (χ1n) is 9.14. The van der Waals surface area contributed by atoms with Gasteiger partial charge in [0.15, 0.2) is 5.65 Å². The fourth-order valence-corrected chi connectivity index (χ4v) is 3.07. The molecule has 12 heteroatoms. The van der Waals surface area contributed by atoms with Crippen molar-refractivity contribution in [3.63, 3.8) is 0 Å². The van der Waals surface area contributed by atoms with Gasteiger partial charge in [-0.1, -0.05) is 0 Å². The first-order chi connectivity index (χ1) is 14.6. The van der Waals surface area contributed by atoms with Crippen molar-refractivity contribution in [1.82, 2.24) is 24.4 Å². The van der Waals surface area contributed by atoms with Gasteiger partial charge in [-0.15, -0.1) is 15.3 Å². The normalized spacial score (nSPS) is 11.9. The Hall–Kier alpha value is -3.96. The van der Waals surface area contributed by atoms with Crippen LogP contribution in [0.25, 0.3) is 16.6 Å². The van der Waals surface area contributed by atoms with E-state index >= 15 is 0 Å². The van der Waals surface area contributed by atoms with Crippen molar-refractivity contribution in [3.05, 3.63) is 58.6 Å². The zero-order chi connectivity index (χ0) is 22.3. The summed E-state index contributed by atoms with van der Waals surface area (Å²) in [5.41, 5.74) is -0.563. The van der Waals surface area contributed by atoms with E-state index in [1.54, 1.807) is 36.6 Å². The molecule has 0 fully saturated rings. The molecule has 0 radical (unpaired) electrons. The quantitative estimate of drug-likeness (QED) is 0.515. The summed E-state index contributed by atoms with van der Waals surface area (Å²) < 4.78 is 42.2. The molecule has 0 unspecified atom stereocenters. The van der Waals surface area contributed by atoms with Gasteiger partial charge in [0, 0.05) is 12.2 Å². The molecule has 3 aromatic heterocycles. The van der Waals surface area contributed by atoms with Gasteiger partial charge in [0.2, 0.25) is 11.2 Å². The number of nitrogens with one attached hydrogen (secondary N) is 2. The smallest absolute Gasteiger partial charge is 0.306 e. The number of anilines is 2. The second kappa shape index (κ2) is 7.38. The minimum Gasteiger partial charge on any atom is -0.306 e. The molecule has 0 spiro atoms. The third-order valence-corrected chi connectivity index (χ3v) is 4.51. The molecule has 0 saturated carbocycles. The van der Waals surface area contributed by atoms with Gasteiger partial charge in [-0.05, 0) is 44.2 Å². The molecule has 0 saturated heterocycles. The van der Waals surface area contributed by atoms with E-state index in [0.29, 0.717) is 11.3 Å². The summed E-state index contributed by atoms with van der Waals surface area (Å²) in [4.78, 5) is 25.2. The number of aromatic nitrogens is 5. The van der Waals surface area contributed by atoms with Crippen molar-refractivity contribution in [2.45, 2.75) is 26.1 Å². The third-order valence-electron chi connectivity index (χ3n) is 4.51. The molecule has 0 atom stereocenters. The number of pyridine rings is 1. The van der Waals surface area contributed by atoms with Crippen LogP contribution >= 0.6 is 0 Å². The number of nitrogens with zero attached hydrogens (tertiary/aromatic N) is 5. The topological polar surface area (TPSA) is 106 Å². The van der Waals surface area contributed by atoms with Gasteiger partial charge in [-0.3, -0.25) is 19.2 Å². The molecule has 9 nitrogen and oxygen atoms in total. The summed E-state index contributed by atoms with van der Waals surface area (Å²) in [6.45, 7) is 3.41. The van der Waals surface area contributed by atoms with Gasteiger partial charge in [-0.2, -0.15) is 13.2 Å². The van der Waals surface area contributed by atoms with Gasteiger partial charge in [0.05, 0.1) is 22.2 Å². The second-order valence-corrected chi connectivity index (χ2v) is 7.04. The lowest BCUT2D eigenvalue weighted by Gasteiger charge is -2.17. The largest absolute Gasteiger partial charge is 0.416 e. The molecule has 4 aromatic rings. The molecular weight excluding hydrogens is 415 g/mol. The lowest BCUT2D eigenvalue weighted by Crippen LogP contribution is -2.27. The Balaban J connectivity index is 1.68. The van der Waals surface area contributed by atoms with Crippen LogP contribution < -0.4 is 16.1 Å². The van der Waals surface area contributed by atoms with Crippen LogP contribution in [-0.2, 0) is 6.18 Å². The van der Waals surface area contributed by atoms with Gasteiger partial charge < -0.3 is 5.32 Å². The van der Waals surface area contributed by atoms with Crippen LogP contribution in [0.3, 0.4) is 0 Å². The van der Waals surface area contributed by atoms with Gasteiger partial charge in [-0.25, -0.2) is 4.79 Å². The fraction of sp³-hybridized carbons (Fsp3) is 0.211. The highest BCUT2D eigenvalue weighted by molar-refractivity contribution is 6.00. The van der Waals surface area contributed by atoms with Crippen LogP contribution in [0.1, 0.15) is 25.5 Å². The SMILES string of the molecule is CC(C)n1nc(NC(=O)Nc2ccc3nncn3c2)c(=O)c2ccc(C(F)(F)F)cc21. The maximum Gasteiger partial charge on any atom is 0.416 e. The van der Waals surface area contributed by atoms with Crippen molar-refractivity contribution in [1.29, 1.82) is 0 Å². The number of fused-ring (bicyclic) bond motifs is 2. The van der Waals surface area contributed by atoms with E-state index in [-0.39, 0.29) is 22.8 Å². The van der Waals surface area contributed by atoms with Gasteiger partial charge >= 0.3 is 12.2 Å². The standard InChI is InChI=1S/C19H16F3N7O2/c1-10(2)29-14-7-11(19(20,21)22)3-5-13(14)16(30)17(27-29)25-18(31)24-12-4-6-15-26-23-9-28(15)8-12/h3-10H,1-2H3,(H2,24,25,27,31). The first kappa shape index (κ1) is 20.3. The minimum atomic E-state index is -4.56. The molecule has 2 amide bonds. The van der Waals surface area contributed by atoms with E-state index in [2.05, 4.69) is 25.9 Å². The first-order valence-corrected chi connectivity index (χ1v) is 9.14. The van der Waals surface area contributed by atoms with E-state index < -0.39 is 23.2 Å². The van der Waals surface area contributed by atoms with Crippen molar-refractivity contribution in [2.24, 2.45) is 0 Å². The average molecular weight is 431 g/mol. The van der Waals surface area contributed by atoms with E-state index in [1.807, 2.05) is 0 Å². The molecule has 1 aromatic carbocycles. The number of benzene rings is 1. The third kappa shape index (κ3) is 3.91. The highest BCUT2D eigenvalue weighted by Gasteiger charge is 2.31. The van der Waals surface area contributed by atoms with Gasteiger partial charge in [0.25, 0.3) is 0 Å². The Labute approximate surface area is 172 Å². The van der Waals surface area contributed by atoms with E-state index in [4.69, 9.17) is 0 Å². The Bertz CT molecular complexity index is 1360. The molecule has 160 valence electrons. The average Bonchev–Trinajstić information content (AvgIpc) is 3.16. The molecule has 0 aliphatic rings. The highest BCUT2D eigenvalue weighted by Crippen LogP contribution is 2.31. The summed E-state index contributed by atoms with van der Waals surface area (Å²) in [6.07, 6.45) is -1.53. The van der Waals surface area contributed by atoms with Crippen molar-refractivity contribution < 1.29 is 18.0 Å². The number of hydrogen-bond donors (Lipinski definition) is 2. The monoisotopic (exact) mass is 431 g/mol. The van der Waals surface area contributed by atoms with Crippen molar-refractivity contribution in [3.8, 4) is 0 Å². The Kier molecular flexibility index (Phi) is 4.84. The Morgan fingerprint density at radius 1 is 1.13 bits per heavy atom. The van der Waals surface area contributed by atoms with Crippen LogP contribution in [0, 0.1) is 0 Å². The minimum absolute atomic E-state index is 0.0120. The van der Waals surface area contributed by atoms with Gasteiger partial charge in [0.1, 0.15) is 6.33 Å². The zero-order valence-corrected chi connectivity index (χ0v) is 16.3. The summed E-state index contributed by atoms with van der Waals surface area (Å²) in [6, 6.07) is 4.92. The van der Waals surface area contributed by atoms with Crippen LogP contribution in [0.4, 0.5) is 29.5 Å². The summed E-state index contributed by atoms with van der Waals surface area (Å²) in [5.74, 6) is -0.302. The summed E-state index contributed by atoms with van der Waals surface area (Å²) in [5, 5.41) is 16.6. The van der Waals surface area contributed by atoms with E-state index in [0.717, 1.165) is 18.2 Å². The fourth-order valence-electron chi connectivity index (χ4n) is 3.07. The molecule has 3 heterocycles.